The molecule has 0 amide bonds. The van der Waals surface area contributed by atoms with Gasteiger partial charge >= 0.3 is 13.7 Å². The van der Waals surface area contributed by atoms with Crippen molar-refractivity contribution >= 4 is 12.7 Å². The van der Waals surface area contributed by atoms with Gasteiger partial charge in [-0.25, -0.2) is 0 Å². The van der Waals surface area contributed by atoms with Gasteiger partial charge in [0.25, 0.3) is 0 Å². The van der Waals surface area contributed by atoms with E-state index in [1.807, 2.05) is 27.7 Å². The Morgan fingerprint density at radius 1 is 1.21 bits per heavy atom. The van der Waals surface area contributed by atoms with Crippen molar-refractivity contribution < 1.29 is 22.8 Å². The lowest BCUT2D eigenvalue weighted by Gasteiger charge is -2.32. The van der Waals surface area contributed by atoms with Gasteiger partial charge in [0, 0.05) is 6.20 Å². The van der Waals surface area contributed by atoms with Gasteiger partial charge in [-0.05, 0) is 39.8 Å². The third-order valence-electron chi connectivity index (χ3n) is 3.49. The number of hydrogen-bond donors (Lipinski definition) is 0. The number of rotatable bonds is 3. The molecule has 0 spiro atoms. The van der Waals surface area contributed by atoms with Crippen LogP contribution in [0.2, 0.25) is 0 Å². The van der Waals surface area contributed by atoms with Gasteiger partial charge in [-0.15, -0.1) is 0 Å². The van der Waals surface area contributed by atoms with Crippen LogP contribution >= 0.6 is 0 Å². The summed E-state index contributed by atoms with van der Waals surface area (Å²) in [7, 11) is -0.819. The molecular weight excluding hydrogens is 255 g/mol. The van der Waals surface area contributed by atoms with Crippen LogP contribution in [-0.4, -0.2) is 29.9 Å². The average molecular weight is 271 g/mol. The SMILES string of the molecule is CC1(C)OB(c2ncccc2OC(F)F)OC1(C)C. The van der Waals surface area contributed by atoms with Crippen LogP contribution in [0.1, 0.15) is 27.7 Å². The van der Waals surface area contributed by atoms with E-state index in [-0.39, 0.29) is 11.3 Å². The van der Waals surface area contributed by atoms with Crippen molar-refractivity contribution in [1.29, 1.82) is 0 Å². The molecule has 19 heavy (non-hydrogen) atoms. The van der Waals surface area contributed by atoms with Gasteiger partial charge in [0.1, 0.15) is 11.3 Å². The Balaban J connectivity index is 2.29. The molecule has 7 heteroatoms. The van der Waals surface area contributed by atoms with E-state index in [1.165, 1.54) is 18.3 Å². The van der Waals surface area contributed by atoms with Crippen molar-refractivity contribution in [2.75, 3.05) is 0 Å². The van der Waals surface area contributed by atoms with Crippen LogP contribution in [0.15, 0.2) is 18.3 Å². The van der Waals surface area contributed by atoms with Crippen LogP contribution in [0.4, 0.5) is 8.78 Å². The summed E-state index contributed by atoms with van der Waals surface area (Å²) in [5.41, 5.74) is -0.893. The smallest absolute Gasteiger partial charge is 0.434 e. The lowest BCUT2D eigenvalue weighted by atomic mass is 9.83. The van der Waals surface area contributed by atoms with Gasteiger partial charge < -0.3 is 14.0 Å². The maximum atomic E-state index is 12.4. The third-order valence-corrected chi connectivity index (χ3v) is 3.49. The third kappa shape index (κ3) is 2.72. The van der Waals surface area contributed by atoms with E-state index in [9.17, 15) is 8.78 Å². The van der Waals surface area contributed by atoms with E-state index in [1.54, 1.807) is 0 Å². The molecule has 1 saturated heterocycles. The van der Waals surface area contributed by atoms with E-state index in [4.69, 9.17) is 9.31 Å². The highest BCUT2D eigenvalue weighted by atomic mass is 19.3. The summed E-state index contributed by atoms with van der Waals surface area (Å²) in [4.78, 5) is 4.04. The maximum Gasteiger partial charge on any atom is 0.518 e. The Labute approximate surface area is 111 Å². The Morgan fingerprint density at radius 3 is 2.32 bits per heavy atom. The zero-order chi connectivity index (χ0) is 14.3. The minimum Gasteiger partial charge on any atom is -0.434 e. The molecule has 0 saturated carbocycles. The molecule has 104 valence electrons. The molecule has 2 rings (SSSR count). The topological polar surface area (TPSA) is 40.6 Å². The molecule has 4 nitrogen and oxygen atoms in total. The summed E-state index contributed by atoms with van der Waals surface area (Å²) in [5.74, 6) is -0.0315. The first-order chi connectivity index (χ1) is 8.73. The minimum atomic E-state index is -2.91. The van der Waals surface area contributed by atoms with Crippen LogP contribution in [0, 0.1) is 0 Å². The number of pyridine rings is 1. The van der Waals surface area contributed by atoms with Crippen molar-refractivity contribution in [1.82, 2.24) is 4.98 Å². The molecule has 0 bridgehead atoms. The molecule has 0 N–H and O–H groups in total. The lowest BCUT2D eigenvalue weighted by Crippen LogP contribution is -2.41. The number of aromatic nitrogens is 1. The summed E-state index contributed by atoms with van der Waals surface area (Å²) < 4.78 is 40.7. The Hall–Kier alpha value is -1.21. The maximum absolute atomic E-state index is 12.4. The number of alkyl halides is 2. The molecule has 0 radical (unpaired) electrons. The van der Waals surface area contributed by atoms with Crippen molar-refractivity contribution in [2.24, 2.45) is 0 Å². The first-order valence-electron chi connectivity index (χ1n) is 5.98. The molecule has 1 aromatic heterocycles. The highest BCUT2D eigenvalue weighted by molar-refractivity contribution is 6.62. The number of nitrogens with zero attached hydrogens (tertiary/aromatic N) is 1. The summed E-state index contributed by atoms with van der Waals surface area (Å²) in [6.07, 6.45) is 1.48. The molecule has 0 atom stereocenters. The van der Waals surface area contributed by atoms with Crippen LogP contribution in [-0.2, 0) is 9.31 Å². The van der Waals surface area contributed by atoms with Gasteiger partial charge in [0.2, 0.25) is 0 Å². The number of halogens is 2. The van der Waals surface area contributed by atoms with Crippen molar-refractivity contribution in [3.8, 4) is 5.75 Å². The first-order valence-corrected chi connectivity index (χ1v) is 5.98. The monoisotopic (exact) mass is 271 g/mol. The zero-order valence-electron chi connectivity index (χ0n) is 11.3. The number of hydrogen-bond acceptors (Lipinski definition) is 4. The second-order valence-corrected chi connectivity index (χ2v) is 5.35. The molecule has 1 aliphatic heterocycles. The summed E-state index contributed by atoms with van der Waals surface area (Å²) in [6.45, 7) is 4.60. The van der Waals surface area contributed by atoms with Crippen LogP contribution < -0.4 is 10.3 Å². The van der Waals surface area contributed by atoms with Gasteiger partial charge in [-0.2, -0.15) is 8.78 Å². The van der Waals surface area contributed by atoms with Crippen LogP contribution in [0.25, 0.3) is 0 Å². The highest BCUT2D eigenvalue weighted by Gasteiger charge is 2.53. The average Bonchev–Trinajstić information content (AvgIpc) is 2.48. The van der Waals surface area contributed by atoms with Crippen molar-refractivity contribution in [3.05, 3.63) is 18.3 Å². The quantitative estimate of drug-likeness (QED) is 0.788. The predicted molar refractivity (Wildman–Crippen MR) is 66.6 cm³/mol. The molecule has 1 aliphatic rings. The molecule has 2 heterocycles. The fraction of sp³-hybridized carbons (Fsp3) is 0.583. The highest BCUT2D eigenvalue weighted by Crippen LogP contribution is 2.36. The second kappa shape index (κ2) is 4.72. The number of ether oxygens (including phenoxy) is 1. The van der Waals surface area contributed by atoms with Crippen molar-refractivity contribution in [3.63, 3.8) is 0 Å². The summed E-state index contributed by atoms with van der Waals surface area (Å²) in [6, 6.07) is 2.94. The standard InChI is InChI=1S/C12H16BF2NO3/c1-11(2)12(3,4)19-13(18-11)9-8(17-10(14)15)6-5-7-16-9/h5-7,10H,1-4H3. The van der Waals surface area contributed by atoms with E-state index < -0.39 is 24.9 Å². The molecule has 0 aromatic carbocycles. The predicted octanol–water partition coefficient (Wildman–Crippen LogP) is 1.98. The molecule has 1 aromatic rings. The fourth-order valence-electron chi connectivity index (χ4n) is 1.73. The molecular formula is C12H16BF2NO3. The van der Waals surface area contributed by atoms with Crippen molar-refractivity contribution in [2.45, 2.75) is 45.5 Å². The summed E-state index contributed by atoms with van der Waals surface area (Å²) in [5, 5.41) is 0. The first kappa shape index (κ1) is 14.2. The Kier molecular flexibility index (Phi) is 3.53. The zero-order valence-corrected chi connectivity index (χ0v) is 11.3. The van der Waals surface area contributed by atoms with E-state index in [2.05, 4.69) is 9.72 Å². The second-order valence-electron chi connectivity index (χ2n) is 5.35. The van der Waals surface area contributed by atoms with E-state index in [0.717, 1.165) is 0 Å². The van der Waals surface area contributed by atoms with E-state index in [0.29, 0.717) is 0 Å². The fourth-order valence-corrected chi connectivity index (χ4v) is 1.73. The van der Waals surface area contributed by atoms with Crippen LogP contribution in [0.3, 0.4) is 0 Å². The van der Waals surface area contributed by atoms with Gasteiger partial charge in [0.15, 0.2) is 0 Å². The van der Waals surface area contributed by atoms with E-state index >= 15 is 0 Å². The molecule has 0 unspecified atom stereocenters. The Morgan fingerprint density at radius 2 is 1.79 bits per heavy atom. The van der Waals surface area contributed by atoms with Gasteiger partial charge in [-0.1, -0.05) is 0 Å². The molecule has 1 fully saturated rings. The Bertz CT molecular complexity index is 452. The minimum absolute atomic E-state index is 0.0315. The normalized spacial score (nSPS) is 20.9. The van der Waals surface area contributed by atoms with Crippen LogP contribution in [0.5, 0.6) is 5.75 Å². The molecule has 0 aliphatic carbocycles. The van der Waals surface area contributed by atoms with Gasteiger partial charge in [0.05, 0.1) is 11.2 Å². The van der Waals surface area contributed by atoms with Gasteiger partial charge in [-0.3, -0.25) is 4.98 Å². The summed E-state index contributed by atoms with van der Waals surface area (Å²) >= 11 is 0. The largest absolute Gasteiger partial charge is 0.518 e. The lowest BCUT2D eigenvalue weighted by molar-refractivity contribution is -0.0494.